The lowest BCUT2D eigenvalue weighted by molar-refractivity contribution is -0.118. The summed E-state index contributed by atoms with van der Waals surface area (Å²) < 4.78 is 0.908. The number of nitrogens with zero attached hydrogens (tertiary/aromatic N) is 3. The lowest BCUT2D eigenvalue weighted by atomic mass is 9.69. The van der Waals surface area contributed by atoms with Crippen molar-refractivity contribution in [1.29, 1.82) is 10.5 Å². The molecule has 1 fully saturated rings. The van der Waals surface area contributed by atoms with Gasteiger partial charge in [-0.15, -0.1) is 0 Å². The van der Waals surface area contributed by atoms with Crippen molar-refractivity contribution in [1.82, 2.24) is 0 Å². The molecule has 3 unspecified atom stereocenters. The van der Waals surface area contributed by atoms with Crippen molar-refractivity contribution >= 4 is 33.5 Å². The molecule has 2 aromatic carbocycles. The molecule has 132 valence electrons. The maximum atomic E-state index is 12.8. The second-order valence-corrected chi connectivity index (χ2v) is 7.86. The van der Waals surface area contributed by atoms with Crippen LogP contribution in [0.2, 0.25) is 0 Å². The molecule has 5 heteroatoms. The minimum absolute atomic E-state index is 0.0506. The van der Waals surface area contributed by atoms with Crippen molar-refractivity contribution in [2.45, 2.75) is 24.9 Å². The Bertz CT molecular complexity index is 1010. The average molecular weight is 418 g/mol. The van der Waals surface area contributed by atoms with Gasteiger partial charge in [0.25, 0.3) is 0 Å². The first-order valence-electron chi connectivity index (χ1n) is 8.67. The van der Waals surface area contributed by atoms with Crippen LogP contribution in [-0.2, 0) is 4.79 Å². The van der Waals surface area contributed by atoms with E-state index >= 15 is 0 Å². The third-order valence-corrected chi connectivity index (χ3v) is 6.09. The number of nitriles is 2. The van der Waals surface area contributed by atoms with E-state index in [0.29, 0.717) is 0 Å². The molecule has 4 nitrogen and oxygen atoms in total. The molecule has 0 saturated carbocycles. The normalized spacial score (nSPS) is 24.4. The number of benzene rings is 2. The van der Waals surface area contributed by atoms with Crippen LogP contribution in [0.25, 0.3) is 6.08 Å². The number of halogens is 1. The number of Topliss-reactive ketones (excluding diaryl/α,β-unsaturated/α-hetero) is 1. The summed E-state index contributed by atoms with van der Waals surface area (Å²) in [5.41, 5.74) is 1.34. The van der Waals surface area contributed by atoms with Crippen LogP contribution in [0.1, 0.15) is 24.0 Å². The second-order valence-electron chi connectivity index (χ2n) is 6.95. The first-order valence-corrected chi connectivity index (χ1v) is 9.47. The van der Waals surface area contributed by atoms with Crippen molar-refractivity contribution in [3.05, 3.63) is 70.2 Å². The van der Waals surface area contributed by atoms with Crippen LogP contribution in [-0.4, -0.2) is 17.9 Å². The number of carbonyl (C=O) groups is 1. The first kappa shape index (κ1) is 17.5. The van der Waals surface area contributed by atoms with Crippen LogP contribution in [0.15, 0.2) is 59.1 Å². The number of ketones is 1. The highest BCUT2D eigenvalue weighted by molar-refractivity contribution is 9.10. The number of hydrogen-bond donors (Lipinski definition) is 0. The molecule has 0 aromatic heterocycles. The minimum atomic E-state index is -1.35. The molecular weight excluding hydrogens is 402 g/mol. The SMILES string of the molecule is CC(=O)C1C(c2ccc(Br)cc2)C(C#N)(C#N)C2C=Cc3ccccc3N12. The van der Waals surface area contributed by atoms with Gasteiger partial charge >= 0.3 is 0 Å². The van der Waals surface area contributed by atoms with Gasteiger partial charge in [0.2, 0.25) is 0 Å². The highest BCUT2D eigenvalue weighted by Gasteiger charge is 2.62. The molecule has 4 rings (SSSR count). The molecule has 2 aromatic rings. The van der Waals surface area contributed by atoms with E-state index in [-0.39, 0.29) is 5.78 Å². The van der Waals surface area contributed by atoms with Gasteiger partial charge in [0.15, 0.2) is 11.2 Å². The third kappa shape index (κ3) is 2.43. The molecule has 3 atom stereocenters. The van der Waals surface area contributed by atoms with Gasteiger partial charge in [-0.1, -0.05) is 58.4 Å². The van der Waals surface area contributed by atoms with Gasteiger partial charge in [-0.05, 0) is 36.2 Å². The Labute approximate surface area is 166 Å². The zero-order valence-corrected chi connectivity index (χ0v) is 16.2. The summed E-state index contributed by atoms with van der Waals surface area (Å²) in [5.74, 6) is -0.593. The van der Waals surface area contributed by atoms with Crippen LogP contribution >= 0.6 is 15.9 Å². The van der Waals surface area contributed by atoms with Gasteiger partial charge < -0.3 is 4.90 Å². The summed E-state index contributed by atoms with van der Waals surface area (Å²) in [4.78, 5) is 14.8. The van der Waals surface area contributed by atoms with E-state index in [1.165, 1.54) is 0 Å². The lowest BCUT2D eigenvalue weighted by Crippen LogP contribution is -2.43. The maximum absolute atomic E-state index is 12.8. The number of hydrogen-bond acceptors (Lipinski definition) is 4. The molecule has 2 aliphatic rings. The molecule has 2 aliphatic heterocycles. The van der Waals surface area contributed by atoms with Gasteiger partial charge in [0, 0.05) is 16.1 Å². The van der Waals surface area contributed by atoms with E-state index in [9.17, 15) is 15.3 Å². The Kier molecular flexibility index (Phi) is 4.13. The Balaban J connectivity index is 1.99. The molecule has 0 bridgehead atoms. The van der Waals surface area contributed by atoms with E-state index in [2.05, 4.69) is 28.1 Å². The fourth-order valence-electron chi connectivity index (χ4n) is 4.43. The van der Waals surface area contributed by atoms with Crippen molar-refractivity contribution in [2.24, 2.45) is 5.41 Å². The van der Waals surface area contributed by atoms with Crippen molar-refractivity contribution in [2.75, 3.05) is 4.90 Å². The summed E-state index contributed by atoms with van der Waals surface area (Å²) in [7, 11) is 0. The topological polar surface area (TPSA) is 67.9 Å². The summed E-state index contributed by atoms with van der Waals surface area (Å²) in [6.45, 7) is 1.54. The molecule has 1 saturated heterocycles. The molecule has 0 amide bonds. The number of fused-ring (bicyclic) bond motifs is 3. The van der Waals surface area contributed by atoms with Crippen LogP contribution in [0, 0.1) is 28.1 Å². The van der Waals surface area contributed by atoms with E-state index in [1.54, 1.807) is 6.92 Å². The molecule has 0 N–H and O–H groups in total. The zero-order valence-electron chi connectivity index (χ0n) is 14.6. The summed E-state index contributed by atoms with van der Waals surface area (Å²) in [6, 6.07) is 18.8. The van der Waals surface area contributed by atoms with Crippen LogP contribution in [0.5, 0.6) is 0 Å². The minimum Gasteiger partial charge on any atom is -0.351 e. The molecule has 0 radical (unpaired) electrons. The van der Waals surface area contributed by atoms with Crippen LogP contribution in [0.3, 0.4) is 0 Å². The highest BCUT2D eigenvalue weighted by Crippen LogP contribution is 2.55. The maximum Gasteiger partial charge on any atom is 0.176 e. The summed E-state index contributed by atoms with van der Waals surface area (Å²) in [6.07, 6.45) is 3.84. The number of anilines is 1. The second kappa shape index (κ2) is 6.37. The van der Waals surface area contributed by atoms with Crippen LogP contribution in [0.4, 0.5) is 5.69 Å². The average Bonchev–Trinajstić information content (AvgIpc) is 3.00. The number of rotatable bonds is 2. The largest absolute Gasteiger partial charge is 0.351 e. The van der Waals surface area contributed by atoms with E-state index in [1.807, 2.05) is 65.6 Å². The van der Waals surface area contributed by atoms with Crippen LogP contribution < -0.4 is 4.90 Å². The monoisotopic (exact) mass is 417 g/mol. The third-order valence-electron chi connectivity index (χ3n) is 5.56. The fourth-order valence-corrected chi connectivity index (χ4v) is 4.70. The van der Waals surface area contributed by atoms with Gasteiger partial charge in [-0.25, -0.2) is 0 Å². The molecular formula is C22H16BrN3O. The molecule has 0 aliphatic carbocycles. The number of carbonyl (C=O) groups excluding carboxylic acids is 1. The smallest absolute Gasteiger partial charge is 0.176 e. The van der Waals surface area contributed by atoms with Crippen molar-refractivity contribution < 1.29 is 4.79 Å². The standard InChI is InChI=1S/C22H16BrN3O/c1-14(27)21-20(16-6-9-17(23)10-7-16)22(12-24,13-25)19-11-8-15-4-2-3-5-18(15)26(19)21/h2-11,19-21H,1H3. The fraction of sp³-hybridized carbons (Fsp3) is 0.227. The lowest BCUT2D eigenvalue weighted by Gasteiger charge is -2.35. The summed E-state index contributed by atoms with van der Waals surface area (Å²) in [5, 5.41) is 20.3. The quantitative estimate of drug-likeness (QED) is 0.723. The van der Waals surface area contributed by atoms with Crippen molar-refractivity contribution in [3.8, 4) is 12.1 Å². The molecule has 2 heterocycles. The first-order chi connectivity index (χ1) is 13.0. The Hall–Kier alpha value is -2.89. The Morgan fingerprint density at radius 3 is 2.41 bits per heavy atom. The highest BCUT2D eigenvalue weighted by atomic mass is 79.9. The van der Waals surface area contributed by atoms with Crippen molar-refractivity contribution in [3.63, 3.8) is 0 Å². The Morgan fingerprint density at radius 1 is 1.11 bits per heavy atom. The zero-order chi connectivity index (χ0) is 19.2. The molecule has 0 spiro atoms. The predicted octanol–water partition coefficient (Wildman–Crippen LogP) is 4.44. The predicted molar refractivity (Wildman–Crippen MR) is 107 cm³/mol. The summed E-state index contributed by atoms with van der Waals surface area (Å²) >= 11 is 3.42. The van der Waals surface area contributed by atoms with Gasteiger partial charge in [-0.2, -0.15) is 10.5 Å². The van der Waals surface area contributed by atoms with Gasteiger partial charge in [0.05, 0.1) is 24.2 Å². The van der Waals surface area contributed by atoms with Gasteiger partial charge in [-0.3, -0.25) is 4.79 Å². The molecule has 27 heavy (non-hydrogen) atoms. The van der Waals surface area contributed by atoms with E-state index < -0.39 is 23.4 Å². The van der Waals surface area contributed by atoms with Gasteiger partial charge in [0.1, 0.15) is 0 Å². The Morgan fingerprint density at radius 2 is 1.78 bits per heavy atom. The van der Waals surface area contributed by atoms with E-state index in [4.69, 9.17) is 0 Å². The number of para-hydroxylation sites is 1. The van der Waals surface area contributed by atoms with E-state index in [0.717, 1.165) is 21.3 Å².